The molecule has 4 aromatic rings. The van der Waals surface area contributed by atoms with E-state index in [2.05, 4.69) is 5.32 Å². The lowest BCUT2D eigenvalue weighted by atomic mass is 10.1. The first-order chi connectivity index (χ1) is 17.4. The van der Waals surface area contributed by atoms with Crippen molar-refractivity contribution in [1.82, 2.24) is 14.5 Å². The Morgan fingerprint density at radius 3 is 2.39 bits per heavy atom. The van der Waals surface area contributed by atoms with Crippen molar-refractivity contribution in [2.45, 2.75) is 26.8 Å². The molecule has 36 heavy (non-hydrogen) atoms. The highest BCUT2D eigenvalue weighted by molar-refractivity contribution is 5.99. The van der Waals surface area contributed by atoms with E-state index in [1.54, 1.807) is 31.4 Å². The molecule has 0 aliphatic heterocycles. The molecule has 2 amide bonds. The Morgan fingerprint density at radius 1 is 1.00 bits per heavy atom. The summed E-state index contributed by atoms with van der Waals surface area (Å²) < 4.78 is 7.10. The SMILES string of the molecule is COc1cccc(C(=O)N(CC(=O)Nc2nc(-c3ccccc3)cn2-c2ccc(C)cc2)C(C)C)c1. The minimum atomic E-state index is -0.335. The minimum Gasteiger partial charge on any atom is -0.497 e. The highest BCUT2D eigenvalue weighted by atomic mass is 16.5. The zero-order valence-corrected chi connectivity index (χ0v) is 20.9. The second-order valence-electron chi connectivity index (χ2n) is 8.83. The Hall–Kier alpha value is -4.39. The summed E-state index contributed by atoms with van der Waals surface area (Å²) in [7, 11) is 1.55. The minimum absolute atomic E-state index is 0.116. The lowest BCUT2D eigenvalue weighted by Gasteiger charge is -2.26. The van der Waals surface area contributed by atoms with E-state index in [1.165, 1.54) is 4.90 Å². The normalized spacial score (nSPS) is 10.8. The summed E-state index contributed by atoms with van der Waals surface area (Å²) in [4.78, 5) is 32.6. The molecule has 1 N–H and O–H groups in total. The molecule has 3 aromatic carbocycles. The summed E-state index contributed by atoms with van der Waals surface area (Å²) in [5, 5.41) is 2.92. The predicted octanol–water partition coefficient (Wildman–Crippen LogP) is 5.35. The average Bonchev–Trinajstić information content (AvgIpc) is 3.31. The van der Waals surface area contributed by atoms with Gasteiger partial charge in [0.15, 0.2) is 0 Å². The molecule has 4 rings (SSSR count). The maximum atomic E-state index is 13.2. The molecule has 184 valence electrons. The number of nitrogens with one attached hydrogen (secondary N) is 1. The number of amides is 2. The maximum absolute atomic E-state index is 13.2. The highest BCUT2D eigenvalue weighted by Crippen LogP contribution is 2.25. The zero-order valence-electron chi connectivity index (χ0n) is 20.9. The van der Waals surface area contributed by atoms with Gasteiger partial charge in [0, 0.05) is 29.1 Å². The fourth-order valence-electron chi connectivity index (χ4n) is 3.85. The van der Waals surface area contributed by atoms with Crippen molar-refractivity contribution in [1.29, 1.82) is 0 Å². The smallest absolute Gasteiger partial charge is 0.254 e. The fraction of sp³-hybridized carbons (Fsp3) is 0.207. The van der Waals surface area contributed by atoms with Crippen molar-refractivity contribution in [2.24, 2.45) is 0 Å². The summed E-state index contributed by atoms with van der Waals surface area (Å²) in [5.74, 6) is 0.396. The summed E-state index contributed by atoms with van der Waals surface area (Å²) in [6, 6.07) is 24.5. The number of ether oxygens (including phenoxy) is 1. The average molecular weight is 483 g/mol. The largest absolute Gasteiger partial charge is 0.497 e. The summed E-state index contributed by atoms with van der Waals surface area (Å²) in [6.07, 6.45) is 1.90. The number of rotatable bonds is 8. The molecule has 7 heteroatoms. The van der Waals surface area contributed by atoms with Crippen LogP contribution in [-0.4, -0.2) is 46.0 Å². The van der Waals surface area contributed by atoms with Crippen molar-refractivity contribution in [3.63, 3.8) is 0 Å². The van der Waals surface area contributed by atoms with E-state index in [9.17, 15) is 9.59 Å². The first kappa shape index (κ1) is 24.7. The topological polar surface area (TPSA) is 76.5 Å². The van der Waals surface area contributed by atoms with Crippen LogP contribution in [0.2, 0.25) is 0 Å². The van der Waals surface area contributed by atoms with Gasteiger partial charge in [0.2, 0.25) is 11.9 Å². The third-order valence-electron chi connectivity index (χ3n) is 5.85. The van der Waals surface area contributed by atoms with Crippen LogP contribution in [0.3, 0.4) is 0 Å². The molecule has 0 fully saturated rings. The molecule has 0 radical (unpaired) electrons. The first-order valence-electron chi connectivity index (χ1n) is 11.8. The molecule has 0 unspecified atom stereocenters. The molecule has 0 aliphatic rings. The number of imidazole rings is 1. The van der Waals surface area contributed by atoms with Gasteiger partial charge in [-0.3, -0.25) is 19.5 Å². The molecule has 0 saturated heterocycles. The van der Waals surface area contributed by atoms with Crippen LogP contribution in [0.4, 0.5) is 5.95 Å². The van der Waals surface area contributed by atoms with Crippen molar-refractivity contribution in [3.8, 4) is 22.7 Å². The molecular formula is C29H30N4O3. The second-order valence-corrected chi connectivity index (χ2v) is 8.83. The Labute approximate surface area is 211 Å². The van der Waals surface area contributed by atoms with Crippen LogP contribution in [0.15, 0.2) is 85.1 Å². The van der Waals surface area contributed by atoms with Gasteiger partial charge in [-0.2, -0.15) is 0 Å². The van der Waals surface area contributed by atoms with Crippen LogP contribution in [-0.2, 0) is 4.79 Å². The molecule has 0 atom stereocenters. The van der Waals surface area contributed by atoms with Crippen LogP contribution in [0.5, 0.6) is 5.75 Å². The Kier molecular flexibility index (Phi) is 7.49. The molecule has 0 aliphatic carbocycles. The zero-order chi connectivity index (χ0) is 25.7. The van der Waals surface area contributed by atoms with E-state index < -0.39 is 0 Å². The van der Waals surface area contributed by atoms with Crippen LogP contribution >= 0.6 is 0 Å². The number of benzene rings is 3. The number of aromatic nitrogens is 2. The molecule has 0 saturated carbocycles. The van der Waals surface area contributed by atoms with Gasteiger partial charge in [-0.15, -0.1) is 0 Å². The number of carbonyl (C=O) groups is 2. The quantitative estimate of drug-likeness (QED) is 0.368. The summed E-state index contributed by atoms with van der Waals surface area (Å²) in [5.41, 5.74) is 4.15. The number of methoxy groups -OCH3 is 1. The van der Waals surface area contributed by atoms with Gasteiger partial charge in [-0.25, -0.2) is 4.98 Å². The summed E-state index contributed by atoms with van der Waals surface area (Å²) in [6.45, 7) is 5.67. The molecule has 1 heterocycles. The predicted molar refractivity (Wildman–Crippen MR) is 142 cm³/mol. The van der Waals surface area contributed by atoms with E-state index in [1.807, 2.05) is 86.1 Å². The third kappa shape index (κ3) is 5.63. The fourth-order valence-corrected chi connectivity index (χ4v) is 3.85. The van der Waals surface area contributed by atoms with Crippen molar-refractivity contribution >= 4 is 17.8 Å². The summed E-state index contributed by atoms with van der Waals surface area (Å²) >= 11 is 0. The standard InChI is InChI=1S/C29H30N4O3/c1-20(2)32(28(35)23-11-8-12-25(17-23)36-4)19-27(34)31-29-30-26(22-9-6-5-7-10-22)18-33(29)24-15-13-21(3)14-16-24/h5-18,20H,19H2,1-4H3,(H,30,31,34). The molecule has 0 bridgehead atoms. The van der Waals surface area contributed by atoms with Gasteiger partial charge in [0.1, 0.15) is 12.3 Å². The molecule has 0 spiro atoms. The first-order valence-corrected chi connectivity index (χ1v) is 11.8. The van der Waals surface area contributed by atoms with Gasteiger partial charge < -0.3 is 9.64 Å². The van der Waals surface area contributed by atoms with Crippen molar-refractivity contribution in [3.05, 3.63) is 96.2 Å². The Balaban J connectivity index is 1.60. The molecular weight excluding hydrogens is 452 g/mol. The van der Waals surface area contributed by atoms with Gasteiger partial charge in [-0.05, 0) is 51.1 Å². The van der Waals surface area contributed by atoms with Crippen LogP contribution < -0.4 is 10.1 Å². The molecule has 7 nitrogen and oxygen atoms in total. The van der Waals surface area contributed by atoms with Gasteiger partial charge >= 0.3 is 0 Å². The molecule has 1 aromatic heterocycles. The highest BCUT2D eigenvalue weighted by Gasteiger charge is 2.23. The number of hydrogen-bond donors (Lipinski definition) is 1. The number of hydrogen-bond acceptors (Lipinski definition) is 4. The van der Waals surface area contributed by atoms with Gasteiger partial charge in [0.05, 0.1) is 12.8 Å². The van der Waals surface area contributed by atoms with Crippen LogP contribution in [0.25, 0.3) is 16.9 Å². The number of carbonyl (C=O) groups excluding carboxylic acids is 2. The number of nitrogens with zero attached hydrogens (tertiary/aromatic N) is 3. The Morgan fingerprint density at radius 2 is 1.72 bits per heavy atom. The van der Waals surface area contributed by atoms with E-state index in [0.717, 1.165) is 22.5 Å². The van der Waals surface area contributed by atoms with Crippen molar-refractivity contribution in [2.75, 3.05) is 19.0 Å². The van der Waals surface area contributed by atoms with Gasteiger partial charge in [0.25, 0.3) is 5.91 Å². The van der Waals surface area contributed by atoms with Crippen LogP contribution in [0.1, 0.15) is 29.8 Å². The third-order valence-corrected chi connectivity index (χ3v) is 5.85. The van der Waals surface area contributed by atoms with Crippen molar-refractivity contribution < 1.29 is 14.3 Å². The second kappa shape index (κ2) is 10.9. The van der Waals surface area contributed by atoms with E-state index in [4.69, 9.17) is 9.72 Å². The monoisotopic (exact) mass is 482 g/mol. The maximum Gasteiger partial charge on any atom is 0.254 e. The van der Waals surface area contributed by atoms with Crippen LogP contribution in [0, 0.1) is 6.92 Å². The number of anilines is 1. The number of aryl methyl sites for hydroxylation is 1. The lowest BCUT2D eigenvalue weighted by Crippen LogP contribution is -2.42. The Bertz CT molecular complexity index is 1340. The van der Waals surface area contributed by atoms with E-state index in [0.29, 0.717) is 17.3 Å². The lowest BCUT2D eigenvalue weighted by molar-refractivity contribution is -0.117. The van der Waals surface area contributed by atoms with E-state index >= 15 is 0 Å². The van der Waals surface area contributed by atoms with E-state index in [-0.39, 0.29) is 24.4 Å². The van der Waals surface area contributed by atoms with Gasteiger partial charge in [-0.1, -0.05) is 54.1 Å².